The minimum atomic E-state index is 1.24. The second-order valence-electron chi connectivity index (χ2n) is 3.25. The lowest BCUT2D eigenvalue weighted by atomic mass is 10.3. The van der Waals surface area contributed by atoms with Gasteiger partial charge in [0.05, 0.1) is 11.4 Å². The normalized spacial score (nSPS) is 14.8. The number of nitrogens with zero attached hydrogens (tertiary/aromatic N) is 2. The van der Waals surface area contributed by atoms with Crippen LogP contribution in [-0.2, 0) is 0 Å². The van der Waals surface area contributed by atoms with Crippen LogP contribution in [-0.4, -0.2) is 14.1 Å². The molecule has 0 aromatic heterocycles. The van der Waals surface area contributed by atoms with Gasteiger partial charge in [0.15, 0.2) is 0 Å². The van der Waals surface area contributed by atoms with Crippen LogP contribution >= 0.6 is 0 Å². The summed E-state index contributed by atoms with van der Waals surface area (Å²) < 4.78 is 0. The number of fused-ring (bicyclic) bond motifs is 1. The SMILES string of the molecule is CC=C1N(C)c2ccccc2N1C. The third kappa shape index (κ3) is 1.02. The molecule has 68 valence electrons. The third-order valence-electron chi connectivity index (χ3n) is 2.55. The standard InChI is InChI=1S/C11H14N2/c1-4-11-12(2)9-7-5-6-8-10(9)13(11)3/h4-8H,1-3H3. The molecule has 0 amide bonds. The van der Waals surface area contributed by atoms with Crippen molar-refractivity contribution in [3.8, 4) is 0 Å². The van der Waals surface area contributed by atoms with E-state index in [-0.39, 0.29) is 0 Å². The van der Waals surface area contributed by atoms with E-state index < -0.39 is 0 Å². The molecule has 2 rings (SSSR count). The van der Waals surface area contributed by atoms with E-state index in [2.05, 4.69) is 61.2 Å². The first kappa shape index (κ1) is 8.17. The number of hydrogen-bond donors (Lipinski definition) is 0. The van der Waals surface area contributed by atoms with Crippen molar-refractivity contribution in [3.63, 3.8) is 0 Å². The molecule has 13 heavy (non-hydrogen) atoms. The van der Waals surface area contributed by atoms with Crippen molar-refractivity contribution in [1.82, 2.24) is 0 Å². The molecule has 0 bridgehead atoms. The fourth-order valence-electron chi connectivity index (χ4n) is 1.89. The van der Waals surface area contributed by atoms with E-state index in [9.17, 15) is 0 Å². The summed E-state index contributed by atoms with van der Waals surface area (Å²) in [5.41, 5.74) is 2.55. The van der Waals surface area contributed by atoms with E-state index in [1.165, 1.54) is 17.2 Å². The highest BCUT2D eigenvalue weighted by Crippen LogP contribution is 2.38. The fourth-order valence-corrected chi connectivity index (χ4v) is 1.89. The number of hydrogen-bond acceptors (Lipinski definition) is 2. The first-order valence-electron chi connectivity index (χ1n) is 4.48. The number of para-hydroxylation sites is 2. The lowest BCUT2D eigenvalue weighted by molar-refractivity contribution is 1.04. The Morgan fingerprint density at radius 2 is 1.46 bits per heavy atom. The van der Waals surface area contributed by atoms with Gasteiger partial charge < -0.3 is 9.80 Å². The predicted molar refractivity (Wildman–Crippen MR) is 57.0 cm³/mol. The maximum Gasteiger partial charge on any atom is 0.108 e. The van der Waals surface area contributed by atoms with Crippen molar-refractivity contribution in [3.05, 3.63) is 36.2 Å². The quantitative estimate of drug-likeness (QED) is 0.596. The summed E-state index contributed by atoms with van der Waals surface area (Å²) in [7, 11) is 4.19. The van der Waals surface area contributed by atoms with E-state index in [0.29, 0.717) is 0 Å². The van der Waals surface area contributed by atoms with Gasteiger partial charge in [-0.25, -0.2) is 0 Å². The number of anilines is 2. The van der Waals surface area contributed by atoms with Crippen molar-refractivity contribution in [2.75, 3.05) is 23.9 Å². The highest BCUT2D eigenvalue weighted by molar-refractivity contribution is 5.81. The van der Waals surface area contributed by atoms with Gasteiger partial charge in [0.25, 0.3) is 0 Å². The van der Waals surface area contributed by atoms with Crippen LogP contribution in [0.3, 0.4) is 0 Å². The van der Waals surface area contributed by atoms with Gasteiger partial charge in [-0.15, -0.1) is 0 Å². The fraction of sp³-hybridized carbons (Fsp3) is 0.273. The van der Waals surface area contributed by atoms with Crippen LogP contribution in [0.2, 0.25) is 0 Å². The molecule has 0 radical (unpaired) electrons. The Labute approximate surface area is 79.1 Å². The van der Waals surface area contributed by atoms with E-state index in [1.807, 2.05) is 0 Å². The largest absolute Gasteiger partial charge is 0.329 e. The predicted octanol–water partition coefficient (Wildman–Crippen LogP) is 2.43. The van der Waals surface area contributed by atoms with Crippen LogP contribution < -0.4 is 9.80 Å². The lowest BCUT2D eigenvalue weighted by Gasteiger charge is -2.17. The van der Waals surface area contributed by atoms with E-state index >= 15 is 0 Å². The zero-order valence-electron chi connectivity index (χ0n) is 8.28. The van der Waals surface area contributed by atoms with E-state index in [4.69, 9.17) is 0 Å². The summed E-state index contributed by atoms with van der Waals surface area (Å²) in [6.45, 7) is 2.06. The average Bonchev–Trinajstić information content (AvgIpc) is 2.41. The molecule has 2 nitrogen and oxygen atoms in total. The van der Waals surface area contributed by atoms with Gasteiger partial charge in [-0.2, -0.15) is 0 Å². The van der Waals surface area contributed by atoms with Gasteiger partial charge in [0, 0.05) is 14.1 Å². The molecule has 0 N–H and O–H groups in total. The summed E-state index contributed by atoms with van der Waals surface area (Å²) in [6, 6.07) is 8.42. The Morgan fingerprint density at radius 3 is 1.85 bits per heavy atom. The molecule has 1 aromatic carbocycles. The monoisotopic (exact) mass is 174 g/mol. The Kier molecular flexibility index (Phi) is 1.76. The van der Waals surface area contributed by atoms with Crippen LogP contribution in [0.15, 0.2) is 36.2 Å². The highest BCUT2D eigenvalue weighted by Gasteiger charge is 2.23. The number of allylic oxidation sites excluding steroid dienone is 1. The third-order valence-corrected chi connectivity index (χ3v) is 2.55. The van der Waals surface area contributed by atoms with Crippen LogP contribution in [0.4, 0.5) is 11.4 Å². The van der Waals surface area contributed by atoms with Crippen molar-refractivity contribution in [2.45, 2.75) is 6.92 Å². The first-order valence-corrected chi connectivity index (χ1v) is 4.48. The van der Waals surface area contributed by atoms with Crippen molar-refractivity contribution in [2.24, 2.45) is 0 Å². The van der Waals surface area contributed by atoms with Gasteiger partial charge >= 0.3 is 0 Å². The lowest BCUT2D eigenvalue weighted by Crippen LogP contribution is -2.21. The van der Waals surface area contributed by atoms with Crippen LogP contribution in [0, 0.1) is 0 Å². The molecular weight excluding hydrogens is 160 g/mol. The van der Waals surface area contributed by atoms with Gasteiger partial charge in [-0.1, -0.05) is 12.1 Å². The van der Waals surface area contributed by atoms with Crippen molar-refractivity contribution >= 4 is 11.4 Å². The maximum absolute atomic E-state index is 2.20. The molecule has 0 unspecified atom stereocenters. The van der Waals surface area contributed by atoms with Crippen molar-refractivity contribution < 1.29 is 0 Å². The van der Waals surface area contributed by atoms with Crippen LogP contribution in [0.25, 0.3) is 0 Å². The zero-order valence-corrected chi connectivity index (χ0v) is 8.28. The Morgan fingerprint density at radius 1 is 1.00 bits per heavy atom. The van der Waals surface area contributed by atoms with Gasteiger partial charge in [0.1, 0.15) is 5.82 Å². The molecule has 0 spiro atoms. The topological polar surface area (TPSA) is 6.48 Å². The molecular formula is C11H14N2. The Balaban J connectivity index is 2.57. The summed E-state index contributed by atoms with van der Waals surface area (Å²) in [5.74, 6) is 1.24. The smallest absolute Gasteiger partial charge is 0.108 e. The molecule has 0 atom stereocenters. The van der Waals surface area contributed by atoms with Gasteiger partial charge in [-0.05, 0) is 25.1 Å². The maximum atomic E-state index is 2.20. The highest BCUT2D eigenvalue weighted by atomic mass is 15.4. The minimum absolute atomic E-state index is 1.24. The van der Waals surface area contributed by atoms with E-state index in [0.717, 1.165) is 0 Å². The van der Waals surface area contributed by atoms with Gasteiger partial charge in [-0.3, -0.25) is 0 Å². The molecule has 0 saturated carbocycles. The number of rotatable bonds is 0. The average molecular weight is 174 g/mol. The summed E-state index contributed by atoms with van der Waals surface area (Å²) in [4.78, 5) is 4.41. The van der Waals surface area contributed by atoms with Gasteiger partial charge in [0.2, 0.25) is 0 Å². The number of benzene rings is 1. The molecule has 0 fully saturated rings. The second-order valence-corrected chi connectivity index (χ2v) is 3.25. The molecule has 0 aliphatic carbocycles. The second kappa shape index (κ2) is 2.80. The van der Waals surface area contributed by atoms with E-state index in [1.54, 1.807) is 0 Å². The molecule has 0 saturated heterocycles. The molecule has 1 aliphatic heterocycles. The zero-order chi connectivity index (χ0) is 9.42. The molecule has 1 aromatic rings. The molecule has 1 heterocycles. The summed E-state index contributed by atoms with van der Waals surface area (Å²) >= 11 is 0. The molecule has 1 aliphatic rings. The van der Waals surface area contributed by atoms with Crippen LogP contribution in [0.5, 0.6) is 0 Å². The minimum Gasteiger partial charge on any atom is -0.329 e. The molecule has 2 heteroatoms. The van der Waals surface area contributed by atoms with Crippen molar-refractivity contribution in [1.29, 1.82) is 0 Å². The Bertz CT molecular complexity index is 324. The summed E-state index contributed by atoms with van der Waals surface area (Å²) in [6.07, 6.45) is 2.12. The van der Waals surface area contributed by atoms with Crippen LogP contribution in [0.1, 0.15) is 6.92 Å². The Hall–Kier alpha value is -1.44. The first-order chi connectivity index (χ1) is 6.25. The summed E-state index contributed by atoms with van der Waals surface area (Å²) in [5, 5.41) is 0.